The summed E-state index contributed by atoms with van der Waals surface area (Å²) in [7, 11) is -3.64. The van der Waals surface area contributed by atoms with E-state index >= 15 is 0 Å². The van der Waals surface area contributed by atoms with E-state index in [0.29, 0.717) is 11.3 Å². The van der Waals surface area contributed by atoms with Crippen molar-refractivity contribution >= 4 is 55.5 Å². The van der Waals surface area contributed by atoms with Crippen LogP contribution in [0.15, 0.2) is 47.4 Å². The Labute approximate surface area is 142 Å². The third-order valence-electron chi connectivity index (χ3n) is 2.89. The van der Waals surface area contributed by atoms with E-state index in [0.717, 1.165) is 9.13 Å². The molecule has 0 aliphatic carbocycles. The van der Waals surface area contributed by atoms with Crippen molar-refractivity contribution in [3.63, 3.8) is 0 Å². The maximum absolute atomic E-state index is 12.4. The summed E-state index contributed by atoms with van der Waals surface area (Å²) < 4.78 is 28.2. The molecule has 0 saturated carbocycles. The molecule has 4 nitrogen and oxygen atoms in total. The smallest absolute Gasteiger partial charge is 0.261 e. The van der Waals surface area contributed by atoms with Crippen LogP contribution in [-0.2, 0) is 10.0 Å². The van der Waals surface area contributed by atoms with Gasteiger partial charge in [-0.15, -0.1) is 0 Å². The van der Waals surface area contributed by atoms with E-state index in [2.05, 4.69) is 27.3 Å². The average Bonchev–Trinajstić information content (AvgIpc) is 2.40. The fourth-order valence-corrected chi connectivity index (χ4v) is 3.93. The van der Waals surface area contributed by atoms with Crippen molar-refractivity contribution in [2.24, 2.45) is 5.73 Å². The fraction of sp³-hybridized carbons (Fsp3) is 0.0714. The van der Waals surface area contributed by atoms with Crippen molar-refractivity contribution in [1.82, 2.24) is 0 Å². The van der Waals surface area contributed by atoms with E-state index < -0.39 is 10.0 Å². The lowest BCUT2D eigenvalue weighted by Crippen LogP contribution is -2.16. The van der Waals surface area contributed by atoms with Crippen LogP contribution in [0.2, 0.25) is 0 Å². The van der Waals surface area contributed by atoms with Crippen LogP contribution >= 0.6 is 34.8 Å². The molecule has 0 radical (unpaired) electrons. The first kappa shape index (κ1) is 16.2. The lowest BCUT2D eigenvalue weighted by Gasteiger charge is -2.11. The van der Waals surface area contributed by atoms with Crippen LogP contribution in [-0.4, -0.2) is 13.4 Å². The molecule has 3 N–H and O–H groups in total. The van der Waals surface area contributed by atoms with Gasteiger partial charge in [-0.25, -0.2) is 8.42 Å². The zero-order chi connectivity index (χ0) is 15.6. The molecule has 0 heterocycles. The highest BCUT2D eigenvalue weighted by atomic mass is 127. The zero-order valence-corrected chi connectivity index (χ0v) is 14.9. The molecule has 0 atom stereocenters. The predicted molar refractivity (Wildman–Crippen MR) is 97.0 cm³/mol. The number of nitrogens with one attached hydrogen (secondary N) is 1. The second-order valence-electron chi connectivity index (χ2n) is 4.43. The van der Waals surface area contributed by atoms with Crippen molar-refractivity contribution in [3.05, 3.63) is 57.2 Å². The second-order valence-corrected chi connectivity index (χ2v) is 7.71. The number of aryl methyl sites for hydroxylation is 1. The molecule has 0 aromatic heterocycles. The molecule has 21 heavy (non-hydrogen) atoms. The molecule has 2 aromatic rings. The number of benzene rings is 2. The molecule has 0 fully saturated rings. The Bertz CT molecular complexity index is 804. The second kappa shape index (κ2) is 6.29. The number of para-hydroxylation sites is 1. The first-order valence-corrected chi connectivity index (χ1v) is 8.96. The van der Waals surface area contributed by atoms with Crippen LogP contribution in [0.3, 0.4) is 0 Å². The minimum Gasteiger partial charge on any atom is -0.389 e. The summed E-state index contributed by atoms with van der Waals surface area (Å²) >= 11 is 7.00. The van der Waals surface area contributed by atoms with Gasteiger partial charge in [-0.3, -0.25) is 4.72 Å². The highest BCUT2D eigenvalue weighted by molar-refractivity contribution is 14.1. The van der Waals surface area contributed by atoms with Gasteiger partial charge in [-0.2, -0.15) is 0 Å². The van der Waals surface area contributed by atoms with Crippen LogP contribution in [0.4, 0.5) is 5.69 Å². The predicted octanol–water partition coefficient (Wildman–Crippen LogP) is 3.03. The third kappa shape index (κ3) is 3.72. The molecule has 0 unspecified atom stereocenters. The van der Waals surface area contributed by atoms with Gasteiger partial charge in [0.25, 0.3) is 10.0 Å². The van der Waals surface area contributed by atoms with Gasteiger partial charge >= 0.3 is 0 Å². The Hall–Kier alpha value is -1.19. The topological polar surface area (TPSA) is 72.2 Å². The highest BCUT2D eigenvalue weighted by Crippen LogP contribution is 2.22. The minimum atomic E-state index is -3.64. The molecule has 0 spiro atoms. The van der Waals surface area contributed by atoms with Crippen LogP contribution in [0.25, 0.3) is 0 Å². The van der Waals surface area contributed by atoms with Gasteiger partial charge in [0.2, 0.25) is 0 Å². The molecule has 0 saturated heterocycles. The van der Waals surface area contributed by atoms with E-state index in [1.54, 1.807) is 31.2 Å². The summed E-state index contributed by atoms with van der Waals surface area (Å²) in [6.07, 6.45) is 0. The number of halogens is 1. The van der Waals surface area contributed by atoms with Crippen molar-refractivity contribution in [3.8, 4) is 0 Å². The SMILES string of the molecule is Cc1cc(S(=O)(=O)Nc2ccccc2I)ccc1C(N)=S. The summed E-state index contributed by atoms with van der Waals surface area (Å²) in [4.78, 5) is 0.432. The van der Waals surface area contributed by atoms with Gasteiger partial charge < -0.3 is 5.73 Å². The lowest BCUT2D eigenvalue weighted by molar-refractivity contribution is 0.601. The van der Waals surface area contributed by atoms with Crippen molar-refractivity contribution in [2.45, 2.75) is 11.8 Å². The Morgan fingerprint density at radius 2 is 1.90 bits per heavy atom. The van der Waals surface area contributed by atoms with Crippen LogP contribution < -0.4 is 10.5 Å². The molecular formula is C14H13IN2O2S2. The van der Waals surface area contributed by atoms with E-state index in [9.17, 15) is 8.42 Å². The number of rotatable bonds is 4. The fourth-order valence-electron chi connectivity index (χ4n) is 1.83. The largest absolute Gasteiger partial charge is 0.389 e. The average molecular weight is 432 g/mol. The molecule has 0 amide bonds. The molecular weight excluding hydrogens is 419 g/mol. The lowest BCUT2D eigenvalue weighted by atomic mass is 10.1. The third-order valence-corrected chi connectivity index (χ3v) is 5.42. The number of hydrogen-bond acceptors (Lipinski definition) is 3. The molecule has 0 aliphatic heterocycles. The van der Waals surface area contributed by atoms with Crippen molar-refractivity contribution < 1.29 is 8.42 Å². The van der Waals surface area contributed by atoms with E-state index in [4.69, 9.17) is 18.0 Å². The molecule has 7 heteroatoms. The summed E-state index contributed by atoms with van der Waals surface area (Å²) in [5.41, 5.74) is 7.54. The van der Waals surface area contributed by atoms with Gasteiger partial charge in [0, 0.05) is 9.13 Å². The monoisotopic (exact) mass is 432 g/mol. The van der Waals surface area contributed by atoms with E-state index in [1.807, 2.05) is 12.1 Å². The zero-order valence-electron chi connectivity index (χ0n) is 11.1. The first-order chi connectivity index (χ1) is 9.81. The molecule has 2 rings (SSSR count). The standard InChI is InChI=1S/C14H13IN2O2S2/c1-9-8-10(6-7-11(9)14(16)20)21(18,19)17-13-5-3-2-4-12(13)15/h2-8,17H,1H3,(H2,16,20). The summed E-state index contributed by atoms with van der Waals surface area (Å²) in [6, 6.07) is 11.9. The van der Waals surface area contributed by atoms with Gasteiger partial charge in [0.15, 0.2) is 0 Å². The number of anilines is 1. The number of hydrogen-bond donors (Lipinski definition) is 2. The molecule has 110 valence electrons. The van der Waals surface area contributed by atoms with E-state index in [-0.39, 0.29) is 9.88 Å². The summed E-state index contributed by atoms with van der Waals surface area (Å²) in [5, 5.41) is 0. The van der Waals surface area contributed by atoms with Crippen LogP contribution in [0.5, 0.6) is 0 Å². The number of sulfonamides is 1. The van der Waals surface area contributed by atoms with Crippen molar-refractivity contribution in [1.29, 1.82) is 0 Å². The normalized spacial score (nSPS) is 11.1. The van der Waals surface area contributed by atoms with Crippen molar-refractivity contribution in [2.75, 3.05) is 4.72 Å². The first-order valence-electron chi connectivity index (χ1n) is 5.99. The maximum Gasteiger partial charge on any atom is 0.261 e. The van der Waals surface area contributed by atoms with E-state index in [1.165, 1.54) is 6.07 Å². The quantitative estimate of drug-likeness (QED) is 0.576. The van der Waals surface area contributed by atoms with Gasteiger partial charge in [0.05, 0.1) is 10.6 Å². The van der Waals surface area contributed by atoms with Gasteiger partial charge in [-0.05, 0) is 59.3 Å². The minimum absolute atomic E-state index is 0.180. The number of thiocarbonyl (C=S) groups is 1. The Morgan fingerprint density at radius 1 is 1.24 bits per heavy atom. The summed E-state index contributed by atoms with van der Waals surface area (Å²) in [6.45, 7) is 1.78. The highest BCUT2D eigenvalue weighted by Gasteiger charge is 2.16. The molecule has 0 bridgehead atoms. The summed E-state index contributed by atoms with van der Waals surface area (Å²) in [5.74, 6) is 0. The van der Waals surface area contributed by atoms with Crippen LogP contribution in [0.1, 0.15) is 11.1 Å². The Morgan fingerprint density at radius 3 is 2.48 bits per heavy atom. The number of nitrogens with two attached hydrogens (primary N) is 1. The Kier molecular flexibility index (Phi) is 4.84. The van der Waals surface area contributed by atoms with Gasteiger partial charge in [0.1, 0.15) is 4.99 Å². The molecule has 2 aromatic carbocycles. The van der Waals surface area contributed by atoms with Crippen LogP contribution in [0, 0.1) is 10.5 Å². The maximum atomic E-state index is 12.4. The molecule has 0 aliphatic rings. The van der Waals surface area contributed by atoms with Gasteiger partial charge in [-0.1, -0.05) is 30.4 Å². The Balaban J connectivity index is 2.39.